The zero-order chi connectivity index (χ0) is 78.1. The van der Waals surface area contributed by atoms with Crippen LogP contribution in [0.3, 0.4) is 0 Å². The van der Waals surface area contributed by atoms with Gasteiger partial charge in [0.05, 0.1) is 31.5 Å². The van der Waals surface area contributed by atoms with Gasteiger partial charge in [-0.05, 0) is 124 Å². The molecule has 105 heavy (non-hydrogen) atoms. The van der Waals surface area contributed by atoms with Crippen LogP contribution in [0.1, 0.15) is 183 Å². The number of nitrogens with zero attached hydrogens (tertiary/aromatic N) is 9. The molecule has 4 saturated carbocycles. The van der Waals surface area contributed by atoms with Crippen molar-refractivity contribution >= 4 is 70.9 Å². The first-order valence-corrected chi connectivity index (χ1v) is 38.0. The predicted molar refractivity (Wildman–Crippen MR) is 380 cm³/mol. The number of methoxy groups -OCH3 is 1. The van der Waals surface area contributed by atoms with E-state index in [1.165, 1.54) is 80.9 Å². The van der Waals surface area contributed by atoms with Gasteiger partial charge in [-0.2, -0.15) is 13.2 Å². The van der Waals surface area contributed by atoms with Crippen LogP contribution < -0.4 is 16.0 Å². The molecule has 3 aliphatic heterocycles. The second-order valence-corrected chi connectivity index (χ2v) is 32.9. The maximum absolute atomic E-state index is 15.7. The Morgan fingerprint density at radius 1 is 0.676 bits per heavy atom. The smallest absolute Gasteiger partial charge is 0.381 e. The topological polar surface area (TPSA) is 279 Å². The Hall–Kier alpha value is -7.01. The van der Waals surface area contributed by atoms with E-state index in [0.29, 0.717) is 38.0 Å². The quantitative estimate of drug-likeness (QED) is 0.149. The van der Waals surface area contributed by atoms with Crippen molar-refractivity contribution in [2.75, 3.05) is 89.7 Å². The van der Waals surface area contributed by atoms with Crippen molar-refractivity contribution in [3.05, 3.63) is 12.2 Å². The molecule has 0 aromatic carbocycles. The van der Waals surface area contributed by atoms with Crippen LogP contribution in [0.25, 0.3) is 0 Å². The largest absolute Gasteiger partial charge is 0.394 e. The number of rotatable bonds is 12. The molecular weight excluding hydrogens is 1370 g/mol. The van der Waals surface area contributed by atoms with E-state index in [1.807, 2.05) is 26.8 Å². The normalized spacial score (nSPS) is 32.2. The average molecular weight is 1490 g/mol. The van der Waals surface area contributed by atoms with Gasteiger partial charge in [-0.3, -0.25) is 57.5 Å². The third kappa shape index (κ3) is 20.8. The highest BCUT2D eigenvalue weighted by Crippen LogP contribution is 2.50. The summed E-state index contributed by atoms with van der Waals surface area (Å²) in [5.74, 6) is -12.5. The van der Waals surface area contributed by atoms with Gasteiger partial charge in [0.15, 0.2) is 0 Å². The van der Waals surface area contributed by atoms with Crippen LogP contribution in [0.5, 0.6) is 0 Å². The van der Waals surface area contributed by atoms with Crippen molar-refractivity contribution in [3.63, 3.8) is 0 Å². The van der Waals surface area contributed by atoms with Crippen LogP contribution in [0, 0.1) is 46.8 Å². The molecule has 13 atom stereocenters. The van der Waals surface area contributed by atoms with E-state index in [9.17, 15) is 50.7 Å². The molecule has 7 aliphatic rings. The summed E-state index contributed by atoms with van der Waals surface area (Å²) in [6.45, 7) is 9.89. The van der Waals surface area contributed by atoms with Crippen molar-refractivity contribution in [1.82, 2.24) is 60.0 Å². The third-order valence-electron chi connectivity index (χ3n) is 24.0. The first kappa shape index (κ1) is 85.2. The van der Waals surface area contributed by atoms with Crippen LogP contribution in [0.2, 0.25) is 0 Å². The summed E-state index contributed by atoms with van der Waals surface area (Å²) >= 11 is 0. The van der Waals surface area contributed by atoms with Crippen LogP contribution in [-0.4, -0.2) is 277 Å². The Kier molecular flexibility index (Phi) is 29.4. The van der Waals surface area contributed by atoms with Gasteiger partial charge >= 0.3 is 6.18 Å². The fraction of sp³-hybridized carbons (Fsp3) is 0.813. The van der Waals surface area contributed by atoms with Crippen molar-refractivity contribution in [2.45, 2.75) is 255 Å². The zero-order valence-electron chi connectivity index (χ0n) is 64.6. The van der Waals surface area contributed by atoms with Gasteiger partial charge in [-0.1, -0.05) is 98.6 Å². The summed E-state index contributed by atoms with van der Waals surface area (Å²) in [5.41, 5.74) is -2.21. The number of carbonyl (C=O) groups is 12. The number of hydrogen-bond acceptors (Lipinski definition) is 13. The molecular formula is C75H119F5N12O13. The highest BCUT2D eigenvalue weighted by molar-refractivity contribution is 6.01. The molecule has 2 bridgehead atoms. The van der Waals surface area contributed by atoms with Crippen LogP contribution in [0.4, 0.5) is 22.0 Å². The molecule has 592 valence electrons. The molecule has 30 heteroatoms. The van der Waals surface area contributed by atoms with Crippen molar-refractivity contribution in [2.24, 2.45) is 46.8 Å². The summed E-state index contributed by atoms with van der Waals surface area (Å²) in [4.78, 5) is 191. The first-order chi connectivity index (χ1) is 49.1. The number of fused-ring (bicyclic) bond motifs is 3. The number of hydrogen-bond donors (Lipinski definition) is 3. The van der Waals surface area contributed by atoms with Gasteiger partial charge in [0.2, 0.25) is 77.3 Å². The molecule has 0 aromatic heterocycles. The van der Waals surface area contributed by atoms with Crippen molar-refractivity contribution < 1.29 is 84.2 Å². The molecule has 3 N–H and O–H groups in total. The minimum Gasteiger partial charge on any atom is -0.381 e. The number of alkyl halides is 5. The molecule has 12 amide bonds. The van der Waals surface area contributed by atoms with Gasteiger partial charge in [0, 0.05) is 83.0 Å². The number of ether oxygens (including phenoxy) is 1. The minimum atomic E-state index is -4.53. The lowest BCUT2D eigenvalue weighted by atomic mass is 9.58. The molecule has 3 unspecified atom stereocenters. The predicted octanol–water partition coefficient (Wildman–Crippen LogP) is 6.01. The molecule has 7 rings (SSSR count). The summed E-state index contributed by atoms with van der Waals surface area (Å²) in [6, 6.07) is -11.4. The maximum Gasteiger partial charge on any atom is 0.394 e. The molecule has 3 heterocycles. The van der Waals surface area contributed by atoms with E-state index < -0.39 is 193 Å². The fourth-order valence-corrected chi connectivity index (χ4v) is 17.6. The summed E-state index contributed by atoms with van der Waals surface area (Å²) in [7, 11) is 11.9. The van der Waals surface area contributed by atoms with Crippen LogP contribution in [-0.2, 0) is 62.3 Å². The lowest BCUT2D eigenvalue weighted by Crippen LogP contribution is -2.71. The zero-order valence-corrected chi connectivity index (χ0v) is 64.6. The summed E-state index contributed by atoms with van der Waals surface area (Å²) < 4.78 is 77.8. The Balaban J connectivity index is 1.32. The van der Waals surface area contributed by atoms with E-state index in [-0.39, 0.29) is 101 Å². The molecule has 4 aliphatic carbocycles. The van der Waals surface area contributed by atoms with Crippen molar-refractivity contribution in [3.8, 4) is 0 Å². The van der Waals surface area contributed by atoms with Gasteiger partial charge < -0.3 is 64.8 Å². The van der Waals surface area contributed by atoms with Gasteiger partial charge in [-0.15, -0.1) is 0 Å². The number of carbonyl (C=O) groups excluding carboxylic acids is 12. The molecule has 25 nitrogen and oxygen atoms in total. The second kappa shape index (κ2) is 36.3. The number of nitrogens with one attached hydrogen (secondary N) is 3. The monoisotopic (exact) mass is 1490 g/mol. The van der Waals surface area contributed by atoms with E-state index in [2.05, 4.69) is 22.9 Å². The maximum atomic E-state index is 15.7. The molecule has 0 aromatic rings. The third-order valence-corrected chi connectivity index (χ3v) is 24.0. The number of amides is 12. The van der Waals surface area contributed by atoms with Crippen LogP contribution in [0.15, 0.2) is 12.2 Å². The number of halogens is 5. The van der Waals surface area contributed by atoms with E-state index in [4.69, 9.17) is 4.74 Å². The number of likely N-dealkylation sites (N-methyl/N-ethyl adjacent to an activating group) is 7. The Morgan fingerprint density at radius 3 is 1.90 bits per heavy atom. The lowest BCUT2D eigenvalue weighted by molar-refractivity contribution is -0.215. The molecule has 1 spiro atoms. The second-order valence-electron chi connectivity index (χ2n) is 32.9. The lowest BCUT2D eigenvalue weighted by Gasteiger charge is -2.54. The highest BCUT2D eigenvalue weighted by atomic mass is 19.4. The van der Waals surface area contributed by atoms with E-state index in [0.717, 1.165) is 52.3 Å². The summed E-state index contributed by atoms with van der Waals surface area (Å²) in [5, 5.41) is 8.52. The Morgan fingerprint density at radius 2 is 1.30 bits per heavy atom. The Bertz CT molecular complexity index is 3150. The SMILES string of the molecule is CC[C@H](C)[C@@H]1NC(=O)[C@H](CC(F)F)N(C)C(=O)C[C@@H](C(=O)N(C)C)N(C)C(=O)[C@H](C2CCCC2)N(C)C(=O)C2(CC(C)(C)C2)NC(=O)[C@@H]2C[C@H](C)CN2C(=O)[C@H](CCC2CCC(C(F)(F)F)C(OC)C2)NC(=O)CN(C)C(=O)[C@H](CC2CCC(C)CC2)N2CC/C=C\C[C@@H](C2=O)N(C)C(=O)CN(C)C1=O. The van der Waals surface area contributed by atoms with Gasteiger partial charge in [0.1, 0.15) is 53.9 Å². The minimum absolute atomic E-state index is 0.00554. The van der Waals surface area contributed by atoms with Gasteiger partial charge in [-0.25, -0.2) is 8.78 Å². The standard InChI is InChI=1S/C75H119F5N12O13/c1-16-46(4)62-70(102)86(10)41-61(95)87(11)52-24-18-17-21-33-91(69(52)101)56(35-47-27-25-44(2)26-28-47)68(100)85(9)40-59(93)81-51(32-30-48-29-31-50(75(78,79)80)57(36-48)105-15)66(98)92-39-45(3)34-54(92)65(97)83-74(42-73(5,6)43-74)72(104)90(14)63(49-22-19-20-23-49)71(103)89(13)55(67(99)84(7)8)38-60(94)88(12)53(37-58(76)77)64(96)82-62/h17-18,44-58,62-63H,16,19-43H2,1-15H3,(H,81,93)(H,82,96)(H,83,97)/b18-17-/t44?,45-,46-,47?,48?,50?,51-,52-,53-,54-,55-,56-,57?,62-,63-/m0/s1. The van der Waals surface area contributed by atoms with E-state index >= 15 is 28.8 Å². The average Bonchev–Trinajstić information content (AvgIpc) is 1.24. The van der Waals surface area contributed by atoms with Crippen LogP contribution >= 0.6 is 0 Å². The Labute approximate surface area is 616 Å². The molecule has 0 radical (unpaired) electrons. The fourth-order valence-electron chi connectivity index (χ4n) is 17.6. The first-order valence-electron chi connectivity index (χ1n) is 38.0. The van der Waals surface area contributed by atoms with E-state index in [1.54, 1.807) is 19.9 Å². The summed E-state index contributed by atoms with van der Waals surface area (Å²) in [6.07, 6.45) is -0.872. The highest BCUT2D eigenvalue weighted by Gasteiger charge is 2.59. The van der Waals surface area contributed by atoms with Crippen molar-refractivity contribution in [1.29, 1.82) is 0 Å². The molecule has 2 saturated heterocycles. The van der Waals surface area contributed by atoms with Gasteiger partial charge in [0.25, 0.3) is 0 Å². The molecule has 6 fully saturated rings.